The molecule has 1 aromatic carbocycles. The van der Waals surface area contributed by atoms with Crippen LogP contribution in [0.1, 0.15) is 49.1 Å². The van der Waals surface area contributed by atoms with Crippen LogP contribution in [0, 0.1) is 0 Å². The topological polar surface area (TPSA) is 29.5 Å². The van der Waals surface area contributed by atoms with Gasteiger partial charge in [0.05, 0.1) is 13.7 Å². The van der Waals surface area contributed by atoms with Crippen molar-refractivity contribution in [1.82, 2.24) is 0 Å². The average molecular weight is 220 g/mol. The SMILES string of the molecule is COc1ccc(C2CCCCC2)cc1CO. The molecule has 88 valence electrons. The molecule has 0 aromatic heterocycles. The van der Waals surface area contributed by atoms with Gasteiger partial charge in [-0.25, -0.2) is 0 Å². The molecular formula is C14H20O2. The Morgan fingerprint density at radius 1 is 1.25 bits per heavy atom. The molecule has 0 heterocycles. The summed E-state index contributed by atoms with van der Waals surface area (Å²) < 4.78 is 5.22. The second-order valence-electron chi connectivity index (χ2n) is 4.56. The fourth-order valence-corrected chi connectivity index (χ4v) is 2.61. The standard InChI is InChI=1S/C14H20O2/c1-16-14-8-7-12(9-13(14)10-15)11-5-3-2-4-6-11/h7-9,11,15H,2-6,10H2,1H3. The molecule has 0 atom stereocenters. The molecule has 2 nitrogen and oxygen atoms in total. The third kappa shape index (κ3) is 2.38. The van der Waals surface area contributed by atoms with Gasteiger partial charge in [-0.3, -0.25) is 0 Å². The predicted molar refractivity (Wildman–Crippen MR) is 64.7 cm³/mol. The highest BCUT2D eigenvalue weighted by Gasteiger charge is 2.16. The maximum absolute atomic E-state index is 9.29. The number of aliphatic hydroxyl groups is 1. The van der Waals surface area contributed by atoms with E-state index in [4.69, 9.17) is 4.74 Å². The van der Waals surface area contributed by atoms with Crippen LogP contribution in [0.5, 0.6) is 5.75 Å². The quantitative estimate of drug-likeness (QED) is 0.847. The van der Waals surface area contributed by atoms with E-state index in [1.54, 1.807) is 7.11 Å². The van der Waals surface area contributed by atoms with E-state index in [0.717, 1.165) is 11.3 Å². The van der Waals surface area contributed by atoms with Crippen molar-refractivity contribution in [2.45, 2.75) is 44.6 Å². The highest BCUT2D eigenvalue weighted by atomic mass is 16.5. The lowest BCUT2D eigenvalue weighted by molar-refractivity contribution is 0.273. The molecule has 2 heteroatoms. The summed E-state index contributed by atoms with van der Waals surface area (Å²) in [6.45, 7) is 0.0593. The number of benzene rings is 1. The van der Waals surface area contributed by atoms with Gasteiger partial charge in [-0.15, -0.1) is 0 Å². The van der Waals surface area contributed by atoms with Gasteiger partial charge < -0.3 is 9.84 Å². The normalized spacial score (nSPS) is 17.4. The van der Waals surface area contributed by atoms with Gasteiger partial charge in [-0.2, -0.15) is 0 Å². The first kappa shape index (κ1) is 11.5. The van der Waals surface area contributed by atoms with E-state index in [0.29, 0.717) is 5.92 Å². The van der Waals surface area contributed by atoms with Crippen molar-refractivity contribution in [1.29, 1.82) is 0 Å². The van der Waals surface area contributed by atoms with Crippen molar-refractivity contribution >= 4 is 0 Å². The van der Waals surface area contributed by atoms with Gasteiger partial charge in [0.1, 0.15) is 5.75 Å². The maximum atomic E-state index is 9.29. The molecule has 0 unspecified atom stereocenters. The van der Waals surface area contributed by atoms with Gasteiger partial charge in [-0.1, -0.05) is 25.3 Å². The Kier molecular flexibility index (Phi) is 3.83. The van der Waals surface area contributed by atoms with E-state index in [-0.39, 0.29) is 6.61 Å². The van der Waals surface area contributed by atoms with Crippen molar-refractivity contribution in [2.75, 3.05) is 7.11 Å². The third-order valence-corrected chi connectivity index (χ3v) is 3.55. The summed E-state index contributed by atoms with van der Waals surface area (Å²) >= 11 is 0. The second-order valence-corrected chi connectivity index (χ2v) is 4.56. The zero-order valence-corrected chi connectivity index (χ0v) is 9.91. The van der Waals surface area contributed by atoms with Crippen LogP contribution in [0.2, 0.25) is 0 Å². The van der Waals surface area contributed by atoms with Gasteiger partial charge in [0.2, 0.25) is 0 Å². The minimum atomic E-state index is 0.0593. The Labute approximate surface area is 97.3 Å². The van der Waals surface area contributed by atoms with Gasteiger partial charge in [-0.05, 0) is 36.5 Å². The van der Waals surface area contributed by atoms with E-state index in [1.807, 2.05) is 6.07 Å². The van der Waals surface area contributed by atoms with E-state index in [1.165, 1.54) is 37.7 Å². The van der Waals surface area contributed by atoms with Crippen molar-refractivity contribution in [3.63, 3.8) is 0 Å². The van der Waals surface area contributed by atoms with Crippen LogP contribution in [0.3, 0.4) is 0 Å². The Hall–Kier alpha value is -1.02. The summed E-state index contributed by atoms with van der Waals surface area (Å²) in [4.78, 5) is 0. The van der Waals surface area contributed by atoms with Crippen LogP contribution in [0.4, 0.5) is 0 Å². The number of hydrogen-bond acceptors (Lipinski definition) is 2. The molecule has 1 saturated carbocycles. The number of ether oxygens (including phenoxy) is 1. The lowest BCUT2D eigenvalue weighted by Crippen LogP contribution is -2.05. The van der Waals surface area contributed by atoms with Crippen molar-refractivity contribution in [2.24, 2.45) is 0 Å². The van der Waals surface area contributed by atoms with E-state index in [2.05, 4.69) is 12.1 Å². The van der Waals surface area contributed by atoms with Crippen LogP contribution in [0.25, 0.3) is 0 Å². The largest absolute Gasteiger partial charge is 0.496 e. The average Bonchev–Trinajstić information content (AvgIpc) is 2.39. The fourth-order valence-electron chi connectivity index (χ4n) is 2.61. The highest BCUT2D eigenvalue weighted by Crippen LogP contribution is 2.34. The number of hydrogen-bond donors (Lipinski definition) is 1. The molecule has 0 amide bonds. The van der Waals surface area contributed by atoms with Gasteiger partial charge >= 0.3 is 0 Å². The first-order chi connectivity index (χ1) is 7.85. The Bertz CT molecular complexity index is 341. The number of methoxy groups -OCH3 is 1. The Balaban J connectivity index is 2.20. The second kappa shape index (κ2) is 5.35. The first-order valence-corrected chi connectivity index (χ1v) is 6.13. The molecule has 1 aromatic rings. The predicted octanol–water partition coefficient (Wildman–Crippen LogP) is 3.24. The van der Waals surface area contributed by atoms with Crippen molar-refractivity contribution in [3.8, 4) is 5.75 Å². The fraction of sp³-hybridized carbons (Fsp3) is 0.571. The van der Waals surface area contributed by atoms with Gasteiger partial charge in [0, 0.05) is 5.56 Å². The summed E-state index contributed by atoms with van der Waals surface area (Å²) in [5, 5.41) is 9.29. The summed E-state index contributed by atoms with van der Waals surface area (Å²) in [7, 11) is 1.65. The van der Waals surface area contributed by atoms with Gasteiger partial charge in [0.15, 0.2) is 0 Å². The maximum Gasteiger partial charge on any atom is 0.124 e. The zero-order chi connectivity index (χ0) is 11.4. The molecule has 0 aliphatic heterocycles. The zero-order valence-electron chi connectivity index (χ0n) is 9.91. The molecule has 2 rings (SSSR count). The molecule has 1 aliphatic rings. The lowest BCUT2D eigenvalue weighted by Gasteiger charge is -2.22. The minimum absolute atomic E-state index is 0.0593. The molecule has 1 aliphatic carbocycles. The van der Waals surface area contributed by atoms with Crippen LogP contribution < -0.4 is 4.74 Å². The van der Waals surface area contributed by atoms with Crippen LogP contribution in [0.15, 0.2) is 18.2 Å². The number of rotatable bonds is 3. The summed E-state index contributed by atoms with van der Waals surface area (Å²) in [5.74, 6) is 1.48. The summed E-state index contributed by atoms with van der Waals surface area (Å²) in [6.07, 6.45) is 6.63. The van der Waals surface area contributed by atoms with Crippen LogP contribution >= 0.6 is 0 Å². The van der Waals surface area contributed by atoms with Crippen LogP contribution in [-0.4, -0.2) is 12.2 Å². The highest BCUT2D eigenvalue weighted by molar-refractivity contribution is 5.38. The van der Waals surface area contributed by atoms with E-state index < -0.39 is 0 Å². The molecule has 0 spiro atoms. The molecule has 0 radical (unpaired) electrons. The van der Waals surface area contributed by atoms with Crippen molar-refractivity contribution < 1.29 is 9.84 Å². The Morgan fingerprint density at radius 2 is 2.00 bits per heavy atom. The molecule has 0 saturated heterocycles. The molecule has 16 heavy (non-hydrogen) atoms. The first-order valence-electron chi connectivity index (χ1n) is 6.13. The van der Waals surface area contributed by atoms with Gasteiger partial charge in [0.25, 0.3) is 0 Å². The third-order valence-electron chi connectivity index (χ3n) is 3.55. The van der Waals surface area contributed by atoms with Crippen molar-refractivity contribution in [3.05, 3.63) is 29.3 Å². The minimum Gasteiger partial charge on any atom is -0.496 e. The summed E-state index contributed by atoms with van der Waals surface area (Å²) in [6, 6.07) is 6.23. The monoisotopic (exact) mass is 220 g/mol. The smallest absolute Gasteiger partial charge is 0.124 e. The Morgan fingerprint density at radius 3 is 2.62 bits per heavy atom. The van der Waals surface area contributed by atoms with Crippen LogP contribution in [-0.2, 0) is 6.61 Å². The summed E-state index contributed by atoms with van der Waals surface area (Å²) in [5.41, 5.74) is 2.27. The molecule has 1 N–H and O–H groups in total. The number of aliphatic hydroxyl groups excluding tert-OH is 1. The molecular weight excluding hydrogens is 200 g/mol. The lowest BCUT2D eigenvalue weighted by atomic mass is 9.83. The van der Waals surface area contributed by atoms with E-state index in [9.17, 15) is 5.11 Å². The molecule has 0 bridgehead atoms. The molecule has 1 fully saturated rings. The van der Waals surface area contributed by atoms with E-state index >= 15 is 0 Å².